The van der Waals surface area contributed by atoms with Gasteiger partial charge in [-0.3, -0.25) is 4.79 Å². The van der Waals surface area contributed by atoms with Crippen molar-refractivity contribution in [3.8, 4) is 11.5 Å². The molecule has 1 aromatic carbocycles. The van der Waals surface area contributed by atoms with Gasteiger partial charge in [-0.05, 0) is 24.3 Å². The van der Waals surface area contributed by atoms with Crippen LogP contribution in [0, 0.1) is 0 Å². The highest BCUT2D eigenvalue weighted by Gasteiger charge is 2.19. The number of hydrogen-bond donors (Lipinski definition) is 1. The lowest BCUT2D eigenvalue weighted by Crippen LogP contribution is -2.27. The Hall–Kier alpha value is -2.86. The van der Waals surface area contributed by atoms with Crippen LogP contribution in [0.5, 0.6) is 0 Å². The van der Waals surface area contributed by atoms with E-state index < -0.39 is 0 Å². The summed E-state index contributed by atoms with van der Waals surface area (Å²) in [6.07, 6.45) is 5.37. The van der Waals surface area contributed by atoms with Crippen LogP contribution in [-0.4, -0.2) is 40.5 Å². The molecule has 0 aliphatic rings. The van der Waals surface area contributed by atoms with Crippen LogP contribution in [0.25, 0.3) is 11.5 Å². The van der Waals surface area contributed by atoms with E-state index in [9.17, 15) is 4.79 Å². The van der Waals surface area contributed by atoms with Gasteiger partial charge in [0.1, 0.15) is 5.56 Å². The van der Waals surface area contributed by atoms with Gasteiger partial charge in [-0.25, -0.2) is 4.68 Å². The van der Waals surface area contributed by atoms with Gasteiger partial charge in [-0.15, -0.1) is 0 Å². The molecular weight excluding hydrogens is 292 g/mol. The molecular formula is C17H18N4O2. The summed E-state index contributed by atoms with van der Waals surface area (Å²) in [5.74, 6) is 0.532. The number of carbonyl (C=O) groups excluding carboxylic acids is 1. The van der Waals surface area contributed by atoms with E-state index in [1.165, 1.54) is 0 Å². The molecule has 2 heterocycles. The van der Waals surface area contributed by atoms with Crippen molar-refractivity contribution in [2.45, 2.75) is 0 Å². The number of carbonyl (C=O) groups is 1. The molecule has 0 aliphatic carbocycles. The van der Waals surface area contributed by atoms with Crippen molar-refractivity contribution in [1.82, 2.24) is 19.7 Å². The summed E-state index contributed by atoms with van der Waals surface area (Å²) >= 11 is 0. The summed E-state index contributed by atoms with van der Waals surface area (Å²) in [6, 6.07) is 13.5. The largest absolute Gasteiger partial charge is 0.383 e. The molecule has 0 bridgehead atoms. The molecule has 6 nitrogen and oxygen atoms in total. The van der Waals surface area contributed by atoms with E-state index in [1.54, 1.807) is 18.0 Å². The zero-order chi connectivity index (χ0) is 16.1. The molecule has 0 atom stereocenters. The van der Waals surface area contributed by atoms with Gasteiger partial charge in [0.05, 0.1) is 18.5 Å². The summed E-state index contributed by atoms with van der Waals surface area (Å²) in [5, 5.41) is 7.23. The number of amides is 1. The second-order valence-electron chi connectivity index (χ2n) is 4.97. The standard InChI is InChI=1S/C17H18N4O2/c1-23-12-9-18-16(22)15-13-19-21(14-7-3-2-4-8-14)17(15)20-10-5-6-11-20/h2-8,10-11,13H,9,12H2,1H3,(H,18,22). The first-order valence-electron chi connectivity index (χ1n) is 7.35. The molecule has 0 fully saturated rings. The molecule has 1 N–H and O–H groups in total. The quantitative estimate of drug-likeness (QED) is 0.709. The minimum absolute atomic E-state index is 0.173. The van der Waals surface area contributed by atoms with Crippen molar-refractivity contribution in [1.29, 1.82) is 0 Å². The lowest BCUT2D eigenvalue weighted by molar-refractivity contribution is 0.0937. The number of para-hydroxylation sites is 1. The Labute approximate surface area is 134 Å². The maximum absolute atomic E-state index is 12.4. The molecule has 6 heteroatoms. The molecule has 0 saturated carbocycles. The van der Waals surface area contributed by atoms with Gasteiger partial charge in [0.2, 0.25) is 0 Å². The second kappa shape index (κ2) is 6.93. The highest BCUT2D eigenvalue weighted by atomic mass is 16.5. The van der Waals surface area contributed by atoms with Crippen LogP contribution in [0.1, 0.15) is 10.4 Å². The van der Waals surface area contributed by atoms with Crippen molar-refractivity contribution in [2.75, 3.05) is 20.3 Å². The van der Waals surface area contributed by atoms with Crippen LogP contribution in [0.4, 0.5) is 0 Å². The summed E-state index contributed by atoms with van der Waals surface area (Å²) in [5.41, 5.74) is 1.41. The minimum atomic E-state index is -0.173. The number of hydrogen-bond acceptors (Lipinski definition) is 3. The fraction of sp³-hybridized carbons (Fsp3) is 0.176. The average molecular weight is 310 g/mol. The van der Waals surface area contributed by atoms with Gasteiger partial charge in [-0.2, -0.15) is 5.10 Å². The van der Waals surface area contributed by atoms with Crippen LogP contribution < -0.4 is 5.32 Å². The predicted octanol–water partition coefficient (Wildman–Crippen LogP) is 2.04. The number of nitrogens with one attached hydrogen (secondary N) is 1. The first kappa shape index (κ1) is 15.1. The van der Waals surface area contributed by atoms with E-state index in [1.807, 2.05) is 59.4 Å². The summed E-state index contributed by atoms with van der Waals surface area (Å²) in [7, 11) is 1.60. The van der Waals surface area contributed by atoms with Crippen LogP contribution in [0.2, 0.25) is 0 Å². The Kier molecular flexibility index (Phi) is 4.54. The van der Waals surface area contributed by atoms with Gasteiger partial charge >= 0.3 is 0 Å². The van der Waals surface area contributed by atoms with E-state index in [2.05, 4.69) is 10.4 Å². The normalized spacial score (nSPS) is 10.7. The van der Waals surface area contributed by atoms with Crippen molar-refractivity contribution >= 4 is 5.91 Å². The Morgan fingerprint density at radius 3 is 2.61 bits per heavy atom. The molecule has 118 valence electrons. The number of methoxy groups -OCH3 is 1. The fourth-order valence-corrected chi connectivity index (χ4v) is 2.35. The van der Waals surface area contributed by atoms with Crippen molar-refractivity contribution < 1.29 is 9.53 Å². The highest BCUT2D eigenvalue weighted by Crippen LogP contribution is 2.19. The minimum Gasteiger partial charge on any atom is -0.383 e. The van der Waals surface area contributed by atoms with E-state index in [0.29, 0.717) is 24.5 Å². The third kappa shape index (κ3) is 3.17. The molecule has 3 rings (SSSR count). The number of nitrogens with zero attached hydrogens (tertiary/aromatic N) is 3. The smallest absolute Gasteiger partial charge is 0.256 e. The zero-order valence-electron chi connectivity index (χ0n) is 12.8. The van der Waals surface area contributed by atoms with Gasteiger partial charge in [0.15, 0.2) is 5.82 Å². The van der Waals surface area contributed by atoms with Crippen LogP contribution in [0.3, 0.4) is 0 Å². The van der Waals surface area contributed by atoms with E-state index >= 15 is 0 Å². The molecule has 2 aromatic heterocycles. The van der Waals surface area contributed by atoms with E-state index in [4.69, 9.17) is 4.74 Å². The van der Waals surface area contributed by atoms with Gasteiger partial charge in [-0.1, -0.05) is 18.2 Å². The topological polar surface area (TPSA) is 61.1 Å². The second-order valence-corrected chi connectivity index (χ2v) is 4.97. The lowest BCUT2D eigenvalue weighted by atomic mass is 10.3. The Morgan fingerprint density at radius 2 is 1.91 bits per heavy atom. The maximum atomic E-state index is 12.4. The number of benzene rings is 1. The molecule has 0 aliphatic heterocycles. The van der Waals surface area contributed by atoms with Crippen LogP contribution in [0.15, 0.2) is 61.1 Å². The van der Waals surface area contributed by atoms with Crippen molar-refractivity contribution in [3.63, 3.8) is 0 Å². The average Bonchev–Trinajstić information content (AvgIpc) is 3.24. The van der Waals surface area contributed by atoms with E-state index in [0.717, 1.165) is 5.69 Å². The van der Waals surface area contributed by atoms with Gasteiger partial charge in [0, 0.05) is 26.0 Å². The third-order valence-electron chi connectivity index (χ3n) is 3.43. The highest BCUT2D eigenvalue weighted by molar-refractivity contribution is 5.97. The zero-order valence-corrected chi connectivity index (χ0v) is 12.8. The third-order valence-corrected chi connectivity index (χ3v) is 3.43. The first-order valence-corrected chi connectivity index (χ1v) is 7.35. The molecule has 1 amide bonds. The molecule has 0 spiro atoms. The Morgan fingerprint density at radius 1 is 1.17 bits per heavy atom. The predicted molar refractivity (Wildman–Crippen MR) is 87.1 cm³/mol. The summed E-state index contributed by atoms with van der Waals surface area (Å²) in [6.45, 7) is 0.925. The first-order chi connectivity index (χ1) is 11.3. The SMILES string of the molecule is COCCNC(=O)c1cnn(-c2ccccc2)c1-n1cccc1. The maximum Gasteiger partial charge on any atom is 0.256 e. The van der Waals surface area contributed by atoms with Gasteiger partial charge in [0.25, 0.3) is 5.91 Å². The Balaban J connectivity index is 2.01. The van der Waals surface area contributed by atoms with Crippen LogP contribution >= 0.6 is 0 Å². The molecule has 23 heavy (non-hydrogen) atoms. The molecule has 0 unspecified atom stereocenters. The molecule has 3 aromatic rings. The molecule has 0 saturated heterocycles. The number of aromatic nitrogens is 3. The molecule has 0 radical (unpaired) electrons. The lowest BCUT2D eigenvalue weighted by Gasteiger charge is -2.11. The number of ether oxygens (including phenoxy) is 1. The van der Waals surface area contributed by atoms with Gasteiger partial charge < -0.3 is 14.6 Å². The Bertz CT molecular complexity index is 763. The van der Waals surface area contributed by atoms with Crippen LogP contribution in [-0.2, 0) is 4.74 Å². The fourth-order valence-electron chi connectivity index (χ4n) is 2.35. The summed E-state index contributed by atoms with van der Waals surface area (Å²) < 4.78 is 8.60. The number of rotatable bonds is 6. The van der Waals surface area contributed by atoms with Crippen molar-refractivity contribution in [2.24, 2.45) is 0 Å². The van der Waals surface area contributed by atoms with E-state index in [-0.39, 0.29) is 5.91 Å². The van der Waals surface area contributed by atoms with Crippen molar-refractivity contribution in [3.05, 3.63) is 66.6 Å². The summed E-state index contributed by atoms with van der Waals surface area (Å²) in [4.78, 5) is 12.4. The monoisotopic (exact) mass is 310 g/mol.